The number of rotatable bonds is 2. The van der Waals surface area contributed by atoms with E-state index in [9.17, 15) is 5.11 Å². The fraction of sp³-hybridized carbons (Fsp3) is 0.571. The van der Waals surface area contributed by atoms with E-state index >= 15 is 0 Å². The van der Waals surface area contributed by atoms with Gasteiger partial charge in [-0.15, -0.1) is 0 Å². The van der Waals surface area contributed by atoms with E-state index in [0.717, 1.165) is 25.0 Å². The summed E-state index contributed by atoms with van der Waals surface area (Å²) >= 11 is 0. The van der Waals surface area contributed by atoms with E-state index in [-0.39, 0.29) is 11.5 Å². The lowest BCUT2D eigenvalue weighted by Crippen LogP contribution is -2.20. The molecule has 16 heavy (non-hydrogen) atoms. The molecular weight excluding hydrogens is 200 g/mol. The van der Waals surface area contributed by atoms with Crippen molar-refractivity contribution in [1.29, 1.82) is 0 Å². The Hall–Kier alpha value is -1.02. The molecule has 0 spiro atoms. The summed E-state index contributed by atoms with van der Waals surface area (Å²) in [5, 5.41) is 9.69. The predicted octanol–water partition coefficient (Wildman–Crippen LogP) is 2.81. The first kappa shape index (κ1) is 11.5. The highest BCUT2D eigenvalue weighted by Crippen LogP contribution is 2.42. The van der Waals surface area contributed by atoms with Crippen molar-refractivity contribution in [1.82, 2.24) is 0 Å². The summed E-state index contributed by atoms with van der Waals surface area (Å²) in [5.74, 6) is 0.906. The summed E-state index contributed by atoms with van der Waals surface area (Å²) in [4.78, 5) is 0. The molecule has 2 rings (SSSR count). The van der Waals surface area contributed by atoms with Gasteiger partial charge in [0.1, 0.15) is 5.75 Å². The molecule has 1 aromatic carbocycles. The van der Waals surface area contributed by atoms with Gasteiger partial charge in [0.2, 0.25) is 0 Å². The van der Waals surface area contributed by atoms with Crippen LogP contribution < -0.4 is 4.74 Å². The third-order valence-electron chi connectivity index (χ3n) is 3.80. The minimum absolute atomic E-state index is 0.133. The topological polar surface area (TPSA) is 29.5 Å². The molecule has 2 nitrogen and oxygen atoms in total. The summed E-state index contributed by atoms with van der Waals surface area (Å²) in [6.45, 7) is 4.37. The average molecular weight is 220 g/mol. The zero-order valence-corrected chi connectivity index (χ0v) is 10.3. The lowest BCUT2D eigenvalue weighted by atomic mass is 9.78. The van der Waals surface area contributed by atoms with E-state index < -0.39 is 0 Å². The molecule has 2 atom stereocenters. The largest absolute Gasteiger partial charge is 0.497 e. The summed E-state index contributed by atoms with van der Waals surface area (Å²) in [6, 6.07) is 6.23. The molecule has 1 saturated carbocycles. The van der Waals surface area contributed by atoms with Crippen LogP contribution in [0.5, 0.6) is 5.75 Å². The van der Waals surface area contributed by atoms with E-state index in [1.165, 1.54) is 11.1 Å². The summed E-state index contributed by atoms with van der Waals surface area (Å²) < 4.78 is 5.22. The summed E-state index contributed by atoms with van der Waals surface area (Å²) in [5.41, 5.74) is 2.75. The van der Waals surface area contributed by atoms with Gasteiger partial charge in [0.25, 0.3) is 0 Å². The molecule has 1 aromatic rings. The molecule has 0 heterocycles. The van der Waals surface area contributed by atoms with Crippen LogP contribution in [0, 0.1) is 6.92 Å². The maximum atomic E-state index is 9.69. The highest BCUT2D eigenvalue weighted by atomic mass is 16.5. The van der Waals surface area contributed by atoms with Gasteiger partial charge in [0.05, 0.1) is 13.2 Å². The van der Waals surface area contributed by atoms with Crippen LogP contribution in [0.25, 0.3) is 0 Å². The first-order valence-electron chi connectivity index (χ1n) is 5.88. The molecule has 0 saturated heterocycles. The second-order valence-electron chi connectivity index (χ2n) is 5.14. The Labute approximate surface area is 97.3 Å². The van der Waals surface area contributed by atoms with Gasteiger partial charge in [-0.2, -0.15) is 0 Å². The van der Waals surface area contributed by atoms with E-state index in [0.29, 0.717) is 0 Å². The molecular formula is C14H20O2. The van der Waals surface area contributed by atoms with Crippen molar-refractivity contribution in [3.63, 3.8) is 0 Å². The number of hydrogen-bond acceptors (Lipinski definition) is 2. The predicted molar refractivity (Wildman–Crippen MR) is 64.9 cm³/mol. The molecule has 88 valence electrons. The quantitative estimate of drug-likeness (QED) is 0.830. The first-order valence-corrected chi connectivity index (χ1v) is 5.88. The highest BCUT2D eigenvalue weighted by molar-refractivity contribution is 5.39. The van der Waals surface area contributed by atoms with E-state index in [1.54, 1.807) is 7.11 Å². The van der Waals surface area contributed by atoms with Crippen molar-refractivity contribution in [3.8, 4) is 5.75 Å². The third-order valence-corrected chi connectivity index (χ3v) is 3.80. The molecule has 0 bridgehead atoms. The highest BCUT2D eigenvalue weighted by Gasteiger charge is 2.36. The maximum Gasteiger partial charge on any atom is 0.119 e. The maximum absolute atomic E-state index is 9.69. The zero-order valence-electron chi connectivity index (χ0n) is 10.3. The normalized spacial score (nSPS) is 29.4. The van der Waals surface area contributed by atoms with Crippen molar-refractivity contribution >= 4 is 0 Å². The van der Waals surface area contributed by atoms with Gasteiger partial charge < -0.3 is 9.84 Å². The first-order chi connectivity index (χ1) is 7.55. The molecule has 0 aromatic heterocycles. The van der Waals surface area contributed by atoms with Crippen LogP contribution in [-0.4, -0.2) is 18.3 Å². The van der Waals surface area contributed by atoms with Crippen LogP contribution in [0.2, 0.25) is 0 Å². The van der Waals surface area contributed by atoms with Gasteiger partial charge in [-0.25, -0.2) is 0 Å². The number of ether oxygens (including phenoxy) is 1. The molecule has 2 heteroatoms. The molecule has 0 aliphatic heterocycles. The Morgan fingerprint density at radius 3 is 2.69 bits per heavy atom. The molecule has 1 aliphatic rings. The van der Waals surface area contributed by atoms with Gasteiger partial charge in [-0.3, -0.25) is 0 Å². The Bertz CT molecular complexity index is 386. The Kier molecular flexibility index (Phi) is 2.94. The van der Waals surface area contributed by atoms with Crippen molar-refractivity contribution < 1.29 is 9.84 Å². The number of benzene rings is 1. The van der Waals surface area contributed by atoms with Crippen molar-refractivity contribution in [2.24, 2.45) is 0 Å². The Morgan fingerprint density at radius 2 is 2.19 bits per heavy atom. The van der Waals surface area contributed by atoms with Crippen LogP contribution in [0.4, 0.5) is 0 Å². The molecule has 2 unspecified atom stereocenters. The molecule has 0 radical (unpaired) electrons. The monoisotopic (exact) mass is 220 g/mol. The number of aliphatic hydroxyl groups excluding tert-OH is 1. The fourth-order valence-corrected chi connectivity index (χ4v) is 2.89. The number of methoxy groups -OCH3 is 1. The minimum Gasteiger partial charge on any atom is -0.497 e. The SMILES string of the molecule is COc1ccc(C2(C)CCC(O)C2)c(C)c1. The number of aryl methyl sites for hydroxylation is 1. The third kappa shape index (κ3) is 1.94. The second-order valence-corrected chi connectivity index (χ2v) is 5.14. The van der Waals surface area contributed by atoms with E-state index in [2.05, 4.69) is 26.0 Å². The second kappa shape index (κ2) is 4.10. The van der Waals surface area contributed by atoms with Crippen molar-refractivity contribution in [2.75, 3.05) is 7.11 Å². The smallest absolute Gasteiger partial charge is 0.119 e. The molecule has 0 amide bonds. The fourth-order valence-electron chi connectivity index (χ4n) is 2.89. The van der Waals surface area contributed by atoms with E-state index in [4.69, 9.17) is 4.74 Å². The molecule has 1 fully saturated rings. The summed E-state index contributed by atoms with van der Waals surface area (Å²) in [6.07, 6.45) is 2.73. The minimum atomic E-state index is -0.133. The lowest BCUT2D eigenvalue weighted by molar-refractivity contribution is 0.175. The van der Waals surface area contributed by atoms with Gasteiger partial charge in [-0.1, -0.05) is 13.0 Å². The summed E-state index contributed by atoms with van der Waals surface area (Å²) in [7, 11) is 1.69. The van der Waals surface area contributed by atoms with Crippen LogP contribution in [0.3, 0.4) is 0 Å². The van der Waals surface area contributed by atoms with Crippen molar-refractivity contribution in [2.45, 2.75) is 44.6 Å². The standard InChI is InChI=1S/C14H20O2/c1-10-8-12(16-3)4-5-13(10)14(2)7-6-11(15)9-14/h4-5,8,11,15H,6-7,9H2,1-3H3. The van der Waals surface area contributed by atoms with E-state index in [1.807, 2.05) is 6.07 Å². The lowest BCUT2D eigenvalue weighted by Gasteiger charge is -2.26. The van der Waals surface area contributed by atoms with Crippen LogP contribution in [-0.2, 0) is 5.41 Å². The van der Waals surface area contributed by atoms with Crippen LogP contribution in [0.1, 0.15) is 37.3 Å². The molecule has 1 aliphatic carbocycles. The van der Waals surface area contributed by atoms with Gasteiger partial charge in [0.15, 0.2) is 0 Å². The molecule has 1 N–H and O–H groups in total. The van der Waals surface area contributed by atoms with Gasteiger partial charge in [0, 0.05) is 0 Å². The zero-order chi connectivity index (χ0) is 11.8. The number of aliphatic hydroxyl groups is 1. The van der Waals surface area contributed by atoms with Crippen LogP contribution in [0.15, 0.2) is 18.2 Å². The van der Waals surface area contributed by atoms with Crippen molar-refractivity contribution in [3.05, 3.63) is 29.3 Å². The van der Waals surface area contributed by atoms with Gasteiger partial charge >= 0.3 is 0 Å². The average Bonchev–Trinajstić information content (AvgIpc) is 2.59. The Morgan fingerprint density at radius 1 is 1.44 bits per heavy atom. The number of hydrogen-bond donors (Lipinski definition) is 1. The van der Waals surface area contributed by atoms with Gasteiger partial charge in [-0.05, 0) is 54.9 Å². The Balaban J connectivity index is 2.33. The van der Waals surface area contributed by atoms with Crippen LogP contribution >= 0.6 is 0 Å².